The molecule has 4 nitrogen and oxygen atoms in total. The van der Waals surface area contributed by atoms with Crippen LogP contribution >= 0.6 is 23.8 Å². The van der Waals surface area contributed by atoms with Crippen molar-refractivity contribution in [2.24, 2.45) is 5.73 Å². The number of nitrogens with two attached hydrogens (primary N) is 1. The number of nitrogens with zero attached hydrogens (tertiary/aromatic N) is 3. The molecule has 0 saturated heterocycles. The third-order valence-corrected chi connectivity index (χ3v) is 2.51. The van der Waals surface area contributed by atoms with Gasteiger partial charge in [-0.2, -0.15) is 0 Å². The van der Waals surface area contributed by atoms with Crippen molar-refractivity contribution in [3.63, 3.8) is 0 Å². The summed E-state index contributed by atoms with van der Waals surface area (Å²) in [5.41, 5.74) is 5.80. The van der Waals surface area contributed by atoms with Crippen LogP contribution in [0, 0.1) is 5.82 Å². The van der Waals surface area contributed by atoms with Crippen molar-refractivity contribution in [1.29, 1.82) is 0 Å². The van der Waals surface area contributed by atoms with Gasteiger partial charge in [0.25, 0.3) is 0 Å². The Morgan fingerprint density at radius 1 is 1.53 bits per heavy atom. The molecule has 0 radical (unpaired) electrons. The van der Waals surface area contributed by atoms with E-state index in [1.165, 1.54) is 23.1 Å². The lowest BCUT2D eigenvalue weighted by Gasteiger charge is -2.03. The highest BCUT2D eigenvalue weighted by molar-refractivity contribution is 7.80. The molecule has 2 rings (SSSR count). The Labute approximate surface area is 107 Å². The van der Waals surface area contributed by atoms with E-state index in [0.717, 1.165) is 0 Å². The molecule has 1 heterocycles. The summed E-state index contributed by atoms with van der Waals surface area (Å²) < 4.78 is 14.9. The highest BCUT2D eigenvalue weighted by Crippen LogP contribution is 2.15. The van der Waals surface area contributed by atoms with Crippen molar-refractivity contribution in [2.75, 3.05) is 0 Å². The van der Waals surface area contributed by atoms with Gasteiger partial charge < -0.3 is 5.73 Å². The fraction of sp³-hybridized carbons (Fsp3) is 0.100. The largest absolute Gasteiger partial charge is 0.387 e. The highest BCUT2D eigenvalue weighted by Gasteiger charge is 2.07. The molecule has 0 bridgehead atoms. The van der Waals surface area contributed by atoms with E-state index in [-0.39, 0.29) is 23.2 Å². The predicted molar refractivity (Wildman–Crippen MR) is 66.4 cm³/mol. The third-order valence-electron chi connectivity index (χ3n) is 2.10. The van der Waals surface area contributed by atoms with E-state index >= 15 is 0 Å². The lowest BCUT2D eigenvalue weighted by atomic mass is 10.2. The number of hydrogen-bond acceptors (Lipinski definition) is 3. The summed E-state index contributed by atoms with van der Waals surface area (Å²) in [6, 6.07) is 4.34. The molecule has 0 fully saturated rings. The first-order valence-electron chi connectivity index (χ1n) is 4.69. The van der Waals surface area contributed by atoms with Crippen molar-refractivity contribution in [2.45, 2.75) is 6.54 Å². The van der Waals surface area contributed by atoms with Gasteiger partial charge in [-0.1, -0.05) is 23.8 Å². The third kappa shape index (κ3) is 2.78. The maximum Gasteiger partial charge on any atom is 0.208 e. The molecular formula is C10H8ClFN4S. The number of benzene rings is 1. The Bertz CT molecular complexity index is 569. The molecule has 2 N–H and O–H groups in total. The molecule has 17 heavy (non-hydrogen) atoms. The van der Waals surface area contributed by atoms with E-state index in [1.807, 2.05) is 0 Å². The summed E-state index contributed by atoms with van der Waals surface area (Å²) >= 11 is 10.5. The van der Waals surface area contributed by atoms with Crippen LogP contribution in [0.25, 0.3) is 0 Å². The van der Waals surface area contributed by atoms with Crippen molar-refractivity contribution in [1.82, 2.24) is 14.8 Å². The van der Waals surface area contributed by atoms with Crippen LogP contribution in [0.1, 0.15) is 11.4 Å². The number of hydrogen-bond donors (Lipinski definition) is 1. The molecular weight excluding hydrogens is 263 g/mol. The normalized spacial score (nSPS) is 10.5. The van der Waals surface area contributed by atoms with Crippen molar-refractivity contribution in [3.05, 3.63) is 46.8 Å². The second-order valence-electron chi connectivity index (χ2n) is 3.37. The van der Waals surface area contributed by atoms with Crippen LogP contribution in [0.3, 0.4) is 0 Å². The summed E-state index contributed by atoms with van der Waals surface area (Å²) in [6.07, 6.45) is 1.44. The predicted octanol–water partition coefficient (Wildman–Crippen LogP) is 1.75. The number of rotatable bonds is 3. The molecule has 88 valence electrons. The van der Waals surface area contributed by atoms with Crippen LogP contribution in [0.15, 0.2) is 24.5 Å². The minimum Gasteiger partial charge on any atom is -0.387 e. The van der Waals surface area contributed by atoms with Gasteiger partial charge in [-0.05, 0) is 18.2 Å². The monoisotopic (exact) mass is 270 g/mol. The first kappa shape index (κ1) is 11.9. The summed E-state index contributed by atoms with van der Waals surface area (Å²) in [5.74, 6) is -0.0794. The minimum atomic E-state index is -0.346. The van der Waals surface area contributed by atoms with E-state index in [0.29, 0.717) is 10.6 Å². The molecule has 0 spiro atoms. The van der Waals surface area contributed by atoms with Gasteiger partial charge in [0.2, 0.25) is 5.82 Å². The first-order chi connectivity index (χ1) is 8.06. The van der Waals surface area contributed by atoms with Crippen LogP contribution in [-0.2, 0) is 6.54 Å². The zero-order chi connectivity index (χ0) is 12.4. The molecule has 0 aliphatic heterocycles. The lowest BCUT2D eigenvalue weighted by molar-refractivity contribution is 0.584. The molecule has 0 amide bonds. The van der Waals surface area contributed by atoms with E-state index in [4.69, 9.17) is 29.6 Å². The fourth-order valence-electron chi connectivity index (χ4n) is 1.32. The molecule has 0 unspecified atom stereocenters. The van der Waals surface area contributed by atoms with E-state index < -0.39 is 0 Å². The second kappa shape index (κ2) is 4.77. The van der Waals surface area contributed by atoms with Gasteiger partial charge in [0, 0.05) is 10.6 Å². The Balaban J connectivity index is 2.25. The summed E-state index contributed by atoms with van der Waals surface area (Å²) in [6.45, 7) is 0.224. The maximum atomic E-state index is 13.4. The number of aromatic nitrogens is 3. The first-order valence-corrected chi connectivity index (χ1v) is 5.48. The van der Waals surface area contributed by atoms with Crippen LogP contribution in [0.4, 0.5) is 4.39 Å². The van der Waals surface area contributed by atoms with E-state index in [2.05, 4.69) is 10.1 Å². The van der Waals surface area contributed by atoms with Gasteiger partial charge in [-0.25, -0.2) is 14.1 Å². The topological polar surface area (TPSA) is 56.7 Å². The van der Waals surface area contributed by atoms with Crippen LogP contribution in [-0.4, -0.2) is 19.8 Å². The summed E-state index contributed by atoms with van der Waals surface area (Å²) in [5, 5.41) is 4.47. The maximum absolute atomic E-state index is 13.4. The standard InChI is InChI=1S/C10H8ClFN4S/c11-7-1-2-8(12)6(3-7)4-16-5-14-10(15-16)9(13)17/h1-3,5H,4H2,(H2,13,17). The van der Waals surface area contributed by atoms with Gasteiger partial charge in [0.05, 0.1) is 6.54 Å². The van der Waals surface area contributed by atoms with Gasteiger partial charge in [0.15, 0.2) is 0 Å². The molecule has 2 aromatic rings. The average molecular weight is 271 g/mol. The molecule has 1 aromatic heterocycles. The molecule has 7 heteroatoms. The average Bonchev–Trinajstić information content (AvgIpc) is 2.72. The zero-order valence-corrected chi connectivity index (χ0v) is 10.2. The SMILES string of the molecule is NC(=S)c1ncn(Cc2cc(Cl)ccc2F)n1. The fourth-order valence-corrected chi connectivity index (χ4v) is 1.61. The minimum absolute atomic E-state index is 0.107. The van der Waals surface area contributed by atoms with Crippen molar-refractivity contribution in [3.8, 4) is 0 Å². The lowest BCUT2D eigenvalue weighted by Crippen LogP contribution is -2.12. The zero-order valence-electron chi connectivity index (χ0n) is 8.60. The van der Waals surface area contributed by atoms with Crippen LogP contribution in [0.5, 0.6) is 0 Å². The summed E-state index contributed by atoms with van der Waals surface area (Å²) in [4.78, 5) is 4.00. The van der Waals surface area contributed by atoms with Gasteiger partial charge in [-0.15, -0.1) is 5.10 Å². The molecule has 0 aliphatic rings. The Hall–Kier alpha value is -1.53. The van der Waals surface area contributed by atoms with Crippen molar-refractivity contribution >= 4 is 28.8 Å². The quantitative estimate of drug-likeness (QED) is 0.864. The van der Waals surface area contributed by atoms with Gasteiger partial charge in [-0.3, -0.25) is 0 Å². The molecule has 0 saturated carbocycles. The van der Waals surface area contributed by atoms with E-state index in [9.17, 15) is 4.39 Å². The van der Waals surface area contributed by atoms with Crippen molar-refractivity contribution < 1.29 is 4.39 Å². The Kier molecular flexibility index (Phi) is 3.35. The summed E-state index contributed by atoms with van der Waals surface area (Å²) in [7, 11) is 0. The number of thiocarbonyl (C=S) groups is 1. The Morgan fingerprint density at radius 2 is 2.29 bits per heavy atom. The van der Waals surface area contributed by atoms with Crippen LogP contribution in [0.2, 0.25) is 5.02 Å². The molecule has 1 aromatic carbocycles. The van der Waals surface area contributed by atoms with Crippen LogP contribution < -0.4 is 5.73 Å². The molecule has 0 atom stereocenters. The second-order valence-corrected chi connectivity index (χ2v) is 4.24. The molecule has 0 aliphatic carbocycles. The Morgan fingerprint density at radius 3 is 2.94 bits per heavy atom. The van der Waals surface area contributed by atoms with Gasteiger partial charge >= 0.3 is 0 Å². The van der Waals surface area contributed by atoms with Gasteiger partial charge in [0.1, 0.15) is 17.1 Å². The number of halogens is 2. The smallest absolute Gasteiger partial charge is 0.208 e. The van der Waals surface area contributed by atoms with E-state index in [1.54, 1.807) is 6.07 Å². The highest BCUT2D eigenvalue weighted by atomic mass is 35.5.